The number of halogens is 1. The van der Waals surface area contributed by atoms with Crippen molar-refractivity contribution in [1.82, 2.24) is 9.88 Å². The molecule has 23 heavy (non-hydrogen) atoms. The fourth-order valence-electron chi connectivity index (χ4n) is 3.75. The Labute approximate surface area is 137 Å². The summed E-state index contributed by atoms with van der Waals surface area (Å²) in [6.07, 6.45) is 6.35. The maximum Gasteiger partial charge on any atom is 0.126 e. The van der Waals surface area contributed by atoms with Gasteiger partial charge in [0.25, 0.3) is 0 Å². The maximum absolute atomic E-state index is 14.5. The largest absolute Gasteiger partial charge is 0.345 e. The molecule has 0 saturated carbocycles. The minimum Gasteiger partial charge on any atom is -0.345 e. The van der Waals surface area contributed by atoms with Crippen LogP contribution in [0.15, 0.2) is 42.4 Å². The van der Waals surface area contributed by atoms with Crippen LogP contribution in [0.3, 0.4) is 0 Å². The lowest BCUT2D eigenvalue weighted by atomic mass is 9.88. The third-order valence-corrected chi connectivity index (χ3v) is 5.01. The molecule has 0 amide bonds. The zero-order chi connectivity index (χ0) is 16.6. The molecule has 1 N–H and O–H groups in total. The Balaban J connectivity index is 2.22. The number of likely N-dealkylation sites (N-methyl/N-ethyl adjacent to an activating group) is 1. The Morgan fingerprint density at radius 2 is 2.22 bits per heavy atom. The van der Waals surface area contributed by atoms with Crippen LogP contribution in [0, 0.1) is 0 Å². The van der Waals surface area contributed by atoms with Gasteiger partial charge in [-0.3, -0.25) is 0 Å². The zero-order valence-corrected chi connectivity index (χ0v) is 14.4. The molecule has 2 aromatic rings. The minimum absolute atomic E-state index is 0.128. The van der Waals surface area contributed by atoms with E-state index >= 15 is 0 Å². The highest BCUT2D eigenvalue weighted by atomic mass is 19.1. The number of benzene rings is 1. The molecule has 3 rings (SSSR count). The lowest BCUT2D eigenvalue weighted by Crippen LogP contribution is -2.37. The van der Waals surface area contributed by atoms with Gasteiger partial charge in [0, 0.05) is 41.2 Å². The van der Waals surface area contributed by atoms with E-state index in [9.17, 15) is 4.39 Å². The molecule has 2 atom stereocenters. The molecule has 2 nitrogen and oxygen atoms in total. The molecule has 1 aliphatic rings. The van der Waals surface area contributed by atoms with Crippen LogP contribution in [0.2, 0.25) is 0 Å². The average Bonchev–Trinajstić information content (AvgIpc) is 2.91. The van der Waals surface area contributed by atoms with E-state index in [4.69, 9.17) is 0 Å². The Bertz CT molecular complexity index is 782. The highest BCUT2D eigenvalue weighted by molar-refractivity contribution is 5.98. The van der Waals surface area contributed by atoms with Crippen LogP contribution in [-0.4, -0.2) is 17.7 Å². The van der Waals surface area contributed by atoms with Crippen molar-refractivity contribution >= 4 is 16.5 Å². The quantitative estimate of drug-likeness (QED) is 0.785. The average molecular weight is 312 g/mol. The molecule has 0 saturated heterocycles. The third-order valence-electron chi connectivity index (χ3n) is 5.01. The maximum atomic E-state index is 14.5. The predicted octanol–water partition coefficient (Wildman–Crippen LogP) is 5.01. The molecule has 1 aliphatic heterocycles. The van der Waals surface area contributed by atoms with Gasteiger partial charge in [-0.05, 0) is 32.0 Å². The summed E-state index contributed by atoms with van der Waals surface area (Å²) in [5.41, 5.74) is 4.29. The van der Waals surface area contributed by atoms with Crippen LogP contribution in [0.25, 0.3) is 16.5 Å². The van der Waals surface area contributed by atoms with E-state index in [1.165, 1.54) is 11.1 Å². The summed E-state index contributed by atoms with van der Waals surface area (Å²) < 4.78 is 16.8. The first-order chi connectivity index (χ1) is 11.1. The van der Waals surface area contributed by atoms with E-state index in [0.717, 1.165) is 17.5 Å². The van der Waals surface area contributed by atoms with E-state index in [2.05, 4.69) is 41.2 Å². The molecule has 122 valence electrons. The van der Waals surface area contributed by atoms with Gasteiger partial charge in [0.05, 0.1) is 5.52 Å². The van der Waals surface area contributed by atoms with Gasteiger partial charge in [-0.2, -0.15) is 0 Å². The molecule has 3 heteroatoms. The van der Waals surface area contributed by atoms with Crippen molar-refractivity contribution in [2.45, 2.75) is 45.7 Å². The van der Waals surface area contributed by atoms with Crippen molar-refractivity contribution in [3.8, 4) is 0 Å². The summed E-state index contributed by atoms with van der Waals surface area (Å²) in [6.45, 7) is 7.05. The smallest absolute Gasteiger partial charge is 0.126 e. The van der Waals surface area contributed by atoms with Crippen LogP contribution in [0.1, 0.15) is 44.2 Å². The van der Waals surface area contributed by atoms with Crippen molar-refractivity contribution in [3.63, 3.8) is 0 Å². The summed E-state index contributed by atoms with van der Waals surface area (Å²) in [5, 5.41) is 4.56. The van der Waals surface area contributed by atoms with Gasteiger partial charge < -0.3 is 9.88 Å². The van der Waals surface area contributed by atoms with Gasteiger partial charge >= 0.3 is 0 Å². The number of aromatic nitrogens is 1. The van der Waals surface area contributed by atoms with E-state index in [1.807, 2.05) is 27.0 Å². The van der Waals surface area contributed by atoms with Crippen molar-refractivity contribution in [3.05, 3.63) is 53.5 Å². The molecule has 2 unspecified atom stereocenters. The molecule has 0 spiro atoms. The topological polar surface area (TPSA) is 17.0 Å². The summed E-state index contributed by atoms with van der Waals surface area (Å²) in [7, 11) is 2.01. The molecule has 2 heterocycles. The lowest BCUT2D eigenvalue weighted by molar-refractivity contribution is 0.415. The first-order valence-electron chi connectivity index (χ1n) is 8.44. The standard InChI is InChI=1S/C20H25FN2/c1-5-8-18(21)14(6-2)17-11-23-12-19(22-4)13(3)15-9-7-10-16(17)20(15)23/h6-11,13,19,22H,5,12H2,1-4H3/b14-6-,18-8+. The fraction of sp³-hybridized carbons (Fsp3) is 0.400. The highest BCUT2D eigenvalue weighted by Crippen LogP contribution is 2.39. The predicted molar refractivity (Wildman–Crippen MR) is 96.3 cm³/mol. The summed E-state index contributed by atoms with van der Waals surface area (Å²) in [4.78, 5) is 0. The van der Waals surface area contributed by atoms with Gasteiger partial charge in [-0.15, -0.1) is 0 Å². The van der Waals surface area contributed by atoms with Gasteiger partial charge in [-0.25, -0.2) is 4.39 Å². The van der Waals surface area contributed by atoms with Crippen molar-refractivity contribution in [2.24, 2.45) is 0 Å². The Kier molecular flexibility index (Phi) is 4.40. The van der Waals surface area contributed by atoms with Crippen LogP contribution >= 0.6 is 0 Å². The van der Waals surface area contributed by atoms with Crippen molar-refractivity contribution in [2.75, 3.05) is 7.05 Å². The number of para-hydroxylation sites is 1. The molecule has 0 bridgehead atoms. The van der Waals surface area contributed by atoms with Crippen molar-refractivity contribution < 1.29 is 4.39 Å². The molecular weight excluding hydrogens is 287 g/mol. The Morgan fingerprint density at radius 3 is 2.87 bits per heavy atom. The molecule has 0 aliphatic carbocycles. The van der Waals surface area contributed by atoms with Gasteiger partial charge in [0.2, 0.25) is 0 Å². The highest BCUT2D eigenvalue weighted by Gasteiger charge is 2.28. The minimum atomic E-state index is -0.128. The van der Waals surface area contributed by atoms with Gasteiger partial charge in [-0.1, -0.05) is 38.1 Å². The van der Waals surface area contributed by atoms with E-state index in [1.54, 1.807) is 6.08 Å². The van der Waals surface area contributed by atoms with E-state index in [0.29, 0.717) is 24.0 Å². The van der Waals surface area contributed by atoms with E-state index < -0.39 is 0 Å². The Hall–Kier alpha value is -1.87. The number of nitrogens with one attached hydrogen (secondary N) is 1. The van der Waals surface area contributed by atoms with E-state index in [-0.39, 0.29) is 5.83 Å². The third kappa shape index (κ3) is 2.53. The second kappa shape index (κ2) is 6.32. The van der Waals surface area contributed by atoms with Crippen molar-refractivity contribution in [1.29, 1.82) is 0 Å². The number of hydrogen-bond donors (Lipinski definition) is 1. The zero-order valence-electron chi connectivity index (χ0n) is 14.4. The van der Waals surface area contributed by atoms with Gasteiger partial charge in [0.1, 0.15) is 5.83 Å². The number of rotatable bonds is 4. The second-order valence-electron chi connectivity index (χ2n) is 6.29. The van der Waals surface area contributed by atoms with Gasteiger partial charge in [0.15, 0.2) is 0 Å². The SMILES string of the molecule is C/C=C(\C(F)=C/CC)c1cn2c3c(cccc13)C(C)C(NC)C2. The summed E-state index contributed by atoms with van der Waals surface area (Å²) in [5.74, 6) is 0.320. The first-order valence-corrected chi connectivity index (χ1v) is 8.44. The molecular formula is C20H25FN2. The molecule has 1 aromatic heterocycles. The number of nitrogens with zero attached hydrogens (tertiary/aromatic N) is 1. The van der Waals surface area contributed by atoms with Crippen LogP contribution < -0.4 is 5.32 Å². The number of allylic oxidation sites excluding steroid dienone is 4. The van der Waals surface area contributed by atoms with Crippen LogP contribution in [0.5, 0.6) is 0 Å². The Morgan fingerprint density at radius 1 is 1.43 bits per heavy atom. The summed E-state index contributed by atoms with van der Waals surface area (Å²) in [6, 6.07) is 6.80. The molecule has 1 aromatic carbocycles. The molecule has 0 fully saturated rings. The van der Waals surface area contributed by atoms with Crippen LogP contribution in [0.4, 0.5) is 4.39 Å². The normalized spacial score (nSPS) is 22.0. The molecule has 0 radical (unpaired) electrons. The number of hydrogen-bond acceptors (Lipinski definition) is 1. The summed E-state index contributed by atoms with van der Waals surface area (Å²) >= 11 is 0. The van der Waals surface area contributed by atoms with Crippen LogP contribution in [-0.2, 0) is 6.54 Å². The monoisotopic (exact) mass is 312 g/mol. The first kappa shape index (κ1) is 16.0. The lowest BCUT2D eigenvalue weighted by Gasteiger charge is -2.30. The fourth-order valence-corrected chi connectivity index (χ4v) is 3.75. The second-order valence-corrected chi connectivity index (χ2v) is 6.29.